The third-order valence-electron chi connectivity index (χ3n) is 1.94. The van der Waals surface area contributed by atoms with E-state index < -0.39 is 5.43 Å². The third-order valence-corrected chi connectivity index (χ3v) is 2.05. The number of carbonyl (C=O) groups is 1. The predicted octanol–water partition coefficient (Wildman–Crippen LogP) is 3.02. The van der Waals surface area contributed by atoms with Gasteiger partial charge in [-0.05, 0) is 5.56 Å². The maximum Gasteiger partial charge on any atom is 0.404 e. The number of hydrogen-bond acceptors (Lipinski definition) is 4. The lowest BCUT2D eigenvalue weighted by atomic mass is 10.2. The normalized spacial score (nSPS) is 13.6. The van der Waals surface area contributed by atoms with Gasteiger partial charge < -0.3 is 14.2 Å². The molecule has 1 aliphatic rings. The lowest BCUT2D eigenvalue weighted by Crippen LogP contribution is -2.16. The number of rotatable bonds is 2. The largest absolute Gasteiger partial charge is 0.449 e. The minimum Gasteiger partial charge on any atom is -0.449 e. The van der Waals surface area contributed by atoms with Gasteiger partial charge in [0.1, 0.15) is 6.61 Å². The van der Waals surface area contributed by atoms with Crippen LogP contribution in [0.3, 0.4) is 0 Å². The van der Waals surface area contributed by atoms with E-state index in [1.54, 1.807) is 0 Å². The van der Waals surface area contributed by atoms with Crippen LogP contribution in [0.2, 0.25) is 0 Å². The van der Waals surface area contributed by atoms with Crippen LogP contribution in [0.1, 0.15) is 5.56 Å². The molecular formula is C12H16Cl2O4. The fraction of sp³-hybridized carbons (Fsp3) is 0.417. The smallest absolute Gasteiger partial charge is 0.404 e. The van der Waals surface area contributed by atoms with Crippen molar-refractivity contribution < 1.29 is 19.0 Å². The monoisotopic (exact) mass is 294 g/mol. The Morgan fingerprint density at radius 2 is 1.61 bits per heavy atom. The summed E-state index contributed by atoms with van der Waals surface area (Å²) in [4.78, 5) is 10.2. The highest BCUT2D eigenvalue weighted by atomic mass is 35.5. The van der Waals surface area contributed by atoms with Gasteiger partial charge in [0.05, 0.1) is 26.4 Å². The van der Waals surface area contributed by atoms with E-state index in [4.69, 9.17) is 21.1 Å². The van der Waals surface area contributed by atoms with E-state index >= 15 is 0 Å². The van der Waals surface area contributed by atoms with Crippen molar-refractivity contribution in [2.24, 2.45) is 0 Å². The molecule has 1 aliphatic heterocycles. The molecular weight excluding hydrogens is 279 g/mol. The Kier molecular flexibility index (Phi) is 10.8. The molecule has 0 aliphatic carbocycles. The Morgan fingerprint density at radius 1 is 1.11 bits per heavy atom. The molecule has 4 nitrogen and oxygen atoms in total. The third kappa shape index (κ3) is 9.24. The quantitative estimate of drug-likeness (QED) is 0.787. The Morgan fingerprint density at radius 3 is 2.00 bits per heavy atom. The first kappa shape index (κ1) is 17.2. The summed E-state index contributed by atoms with van der Waals surface area (Å²) in [6.45, 7) is 3.35. The zero-order valence-electron chi connectivity index (χ0n) is 9.84. The van der Waals surface area contributed by atoms with E-state index in [2.05, 4.69) is 4.74 Å². The standard InChI is InChI=1S/C8H7ClO2.C4H8O2.ClH/c9-8(10)11-6-7-4-2-1-3-5-7;1-2-6-4-3-5-1;/h1-5H,6H2;1-4H2;1H. The van der Waals surface area contributed by atoms with Crippen molar-refractivity contribution in [1.82, 2.24) is 0 Å². The molecule has 2 rings (SSSR count). The summed E-state index contributed by atoms with van der Waals surface area (Å²) in [5.41, 5.74) is 0.162. The molecule has 0 radical (unpaired) electrons. The van der Waals surface area contributed by atoms with Crippen molar-refractivity contribution in [3.05, 3.63) is 35.9 Å². The first-order chi connectivity index (χ1) is 8.29. The van der Waals surface area contributed by atoms with Gasteiger partial charge in [-0.3, -0.25) is 0 Å². The summed E-state index contributed by atoms with van der Waals surface area (Å²) in [6, 6.07) is 9.36. The average Bonchev–Trinajstić information content (AvgIpc) is 2.40. The SMILES string of the molecule is C1COCCO1.Cl.O=C(Cl)OCc1ccccc1. The molecule has 0 aromatic heterocycles. The number of ether oxygens (including phenoxy) is 3. The van der Waals surface area contributed by atoms with Crippen molar-refractivity contribution in [2.45, 2.75) is 6.61 Å². The molecule has 18 heavy (non-hydrogen) atoms. The van der Waals surface area contributed by atoms with Crippen molar-refractivity contribution >= 4 is 29.4 Å². The van der Waals surface area contributed by atoms with Crippen LogP contribution in [0.5, 0.6) is 0 Å². The van der Waals surface area contributed by atoms with E-state index in [0.29, 0.717) is 0 Å². The molecule has 1 saturated heterocycles. The Balaban J connectivity index is 0.000000352. The molecule has 0 unspecified atom stereocenters. The van der Waals surface area contributed by atoms with Crippen LogP contribution >= 0.6 is 24.0 Å². The van der Waals surface area contributed by atoms with Crippen LogP contribution in [-0.4, -0.2) is 31.9 Å². The predicted molar refractivity (Wildman–Crippen MR) is 71.4 cm³/mol. The van der Waals surface area contributed by atoms with E-state index in [1.807, 2.05) is 30.3 Å². The van der Waals surface area contributed by atoms with Gasteiger partial charge in [-0.2, -0.15) is 0 Å². The first-order valence-corrected chi connectivity index (χ1v) is 5.68. The zero-order chi connectivity index (χ0) is 12.3. The van der Waals surface area contributed by atoms with Crippen molar-refractivity contribution in [1.29, 1.82) is 0 Å². The highest BCUT2D eigenvalue weighted by molar-refractivity contribution is 6.61. The number of carbonyl (C=O) groups excluding carboxylic acids is 1. The van der Waals surface area contributed by atoms with Crippen molar-refractivity contribution in [2.75, 3.05) is 26.4 Å². The molecule has 0 saturated carbocycles. The molecule has 0 atom stereocenters. The second-order valence-corrected chi connectivity index (χ2v) is 3.55. The van der Waals surface area contributed by atoms with E-state index in [1.165, 1.54) is 0 Å². The number of hydrogen-bond donors (Lipinski definition) is 0. The molecule has 102 valence electrons. The highest BCUT2D eigenvalue weighted by Crippen LogP contribution is 2.01. The van der Waals surface area contributed by atoms with Gasteiger partial charge in [0, 0.05) is 11.6 Å². The zero-order valence-corrected chi connectivity index (χ0v) is 11.4. The maximum absolute atomic E-state index is 10.2. The summed E-state index contributed by atoms with van der Waals surface area (Å²) in [7, 11) is 0. The second-order valence-electron chi connectivity index (χ2n) is 3.24. The molecule has 6 heteroatoms. The molecule has 1 heterocycles. The maximum atomic E-state index is 10.2. The molecule has 1 aromatic rings. The fourth-order valence-corrected chi connectivity index (χ4v) is 1.21. The molecule has 0 N–H and O–H groups in total. The minimum absolute atomic E-state index is 0. The fourth-order valence-electron chi connectivity index (χ4n) is 1.15. The first-order valence-electron chi connectivity index (χ1n) is 5.30. The van der Waals surface area contributed by atoms with Gasteiger partial charge in [0.2, 0.25) is 0 Å². The second kappa shape index (κ2) is 11.3. The topological polar surface area (TPSA) is 44.8 Å². The Labute approximate surface area is 118 Å². The Bertz CT molecular complexity index is 304. The van der Waals surface area contributed by atoms with Gasteiger partial charge in [-0.15, -0.1) is 12.4 Å². The molecule has 0 amide bonds. The van der Waals surface area contributed by atoms with Gasteiger partial charge >= 0.3 is 5.43 Å². The van der Waals surface area contributed by atoms with Crippen molar-refractivity contribution in [3.8, 4) is 0 Å². The van der Waals surface area contributed by atoms with E-state index in [-0.39, 0.29) is 19.0 Å². The van der Waals surface area contributed by atoms with Gasteiger partial charge in [0.15, 0.2) is 0 Å². The Hall–Kier alpha value is -0.810. The van der Waals surface area contributed by atoms with Crippen LogP contribution in [0.15, 0.2) is 30.3 Å². The number of benzene rings is 1. The molecule has 1 fully saturated rings. The van der Waals surface area contributed by atoms with E-state index in [0.717, 1.165) is 32.0 Å². The summed E-state index contributed by atoms with van der Waals surface area (Å²) in [6.07, 6.45) is 0. The lowest BCUT2D eigenvalue weighted by Gasteiger charge is -2.09. The van der Waals surface area contributed by atoms with Gasteiger partial charge in [0.25, 0.3) is 0 Å². The van der Waals surface area contributed by atoms with Crippen LogP contribution in [0.25, 0.3) is 0 Å². The summed E-state index contributed by atoms with van der Waals surface area (Å²) in [5, 5.41) is 0. The summed E-state index contributed by atoms with van der Waals surface area (Å²) < 4.78 is 14.4. The average molecular weight is 295 g/mol. The van der Waals surface area contributed by atoms with E-state index in [9.17, 15) is 4.79 Å². The molecule has 0 bridgehead atoms. The molecule has 1 aromatic carbocycles. The van der Waals surface area contributed by atoms with Crippen LogP contribution in [-0.2, 0) is 20.8 Å². The van der Waals surface area contributed by atoms with Crippen LogP contribution < -0.4 is 0 Å². The van der Waals surface area contributed by atoms with Crippen LogP contribution in [0, 0.1) is 0 Å². The number of halogens is 2. The lowest BCUT2D eigenvalue weighted by molar-refractivity contribution is -0.0334. The summed E-state index contributed by atoms with van der Waals surface area (Å²) >= 11 is 4.97. The van der Waals surface area contributed by atoms with Gasteiger partial charge in [-0.1, -0.05) is 30.3 Å². The molecule has 0 spiro atoms. The minimum atomic E-state index is -0.770. The van der Waals surface area contributed by atoms with Crippen LogP contribution in [0.4, 0.5) is 4.79 Å². The van der Waals surface area contributed by atoms with Gasteiger partial charge in [-0.25, -0.2) is 4.79 Å². The summed E-state index contributed by atoms with van der Waals surface area (Å²) in [5.74, 6) is 0. The highest BCUT2D eigenvalue weighted by Gasteiger charge is 1.95. The van der Waals surface area contributed by atoms with Crippen molar-refractivity contribution in [3.63, 3.8) is 0 Å².